The summed E-state index contributed by atoms with van der Waals surface area (Å²) in [5, 5.41) is 0. The van der Waals surface area contributed by atoms with E-state index in [4.69, 9.17) is 5.73 Å². The van der Waals surface area contributed by atoms with Crippen LogP contribution in [-0.4, -0.2) is 6.26 Å². The van der Waals surface area contributed by atoms with Crippen molar-refractivity contribution in [3.8, 4) is 0 Å². The molecule has 2 rings (SSSR count). The average Bonchev–Trinajstić information content (AvgIpc) is 2.15. The molecule has 0 aliphatic heterocycles. The lowest BCUT2D eigenvalue weighted by molar-refractivity contribution is 0.264. The van der Waals surface area contributed by atoms with Gasteiger partial charge in [-0.15, -0.1) is 11.8 Å². The fourth-order valence-corrected chi connectivity index (χ4v) is 2.31. The van der Waals surface area contributed by atoms with Crippen molar-refractivity contribution in [2.75, 3.05) is 6.26 Å². The lowest BCUT2D eigenvalue weighted by atomic mass is 9.78. The predicted molar refractivity (Wildman–Crippen MR) is 62.5 cm³/mol. The van der Waals surface area contributed by atoms with Gasteiger partial charge in [-0.1, -0.05) is 18.6 Å². The van der Waals surface area contributed by atoms with Crippen molar-refractivity contribution >= 4 is 11.8 Å². The molecular weight excluding hydrogens is 190 g/mol. The van der Waals surface area contributed by atoms with Gasteiger partial charge in [0.05, 0.1) is 0 Å². The third-order valence-electron chi connectivity index (χ3n) is 3.16. The summed E-state index contributed by atoms with van der Waals surface area (Å²) in [5.41, 5.74) is 7.48. The van der Waals surface area contributed by atoms with Crippen LogP contribution in [0.2, 0.25) is 0 Å². The Morgan fingerprint density at radius 2 is 1.93 bits per heavy atom. The number of benzene rings is 1. The van der Waals surface area contributed by atoms with Crippen molar-refractivity contribution in [2.24, 2.45) is 11.7 Å². The first-order chi connectivity index (χ1) is 6.81. The second kappa shape index (κ2) is 4.37. The van der Waals surface area contributed by atoms with E-state index >= 15 is 0 Å². The topological polar surface area (TPSA) is 26.0 Å². The van der Waals surface area contributed by atoms with Gasteiger partial charge in [-0.2, -0.15) is 0 Å². The van der Waals surface area contributed by atoms with Gasteiger partial charge in [0.15, 0.2) is 0 Å². The summed E-state index contributed by atoms with van der Waals surface area (Å²) in [6, 6.07) is 8.94. The summed E-state index contributed by atoms with van der Waals surface area (Å²) in [5.74, 6) is 0.732. The molecule has 0 aromatic heterocycles. The zero-order valence-electron chi connectivity index (χ0n) is 8.57. The van der Waals surface area contributed by atoms with Crippen LogP contribution >= 0.6 is 11.8 Å². The summed E-state index contributed by atoms with van der Waals surface area (Å²) in [4.78, 5) is 1.31. The second-order valence-corrected chi connectivity index (χ2v) is 4.87. The van der Waals surface area contributed by atoms with E-state index in [0.29, 0.717) is 0 Å². The van der Waals surface area contributed by atoms with Crippen molar-refractivity contribution < 1.29 is 0 Å². The van der Waals surface area contributed by atoms with Crippen molar-refractivity contribution in [1.29, 1.82) is 0 Å². The molecule has 76 valence electrons. The molecule has 1 aromatic carbocycles. The van der Waals surface area contributed by atoms with E-state index in [1.165, 1.54) is 29.7 Å². The molecule has 1 aliphatic rings. The van der Waals surface area contributed by atoms with Crippen molar-refractivity contribution in [2.45, 2.75) is 30.2 Å². The van der Waals surface area contributed by atoms with Crippen molar-refractivity contribution in [1.82, 2.24) is 0 Å². The van der Waals surface area contributed by atoms with Crippen molar-refractivity contribution in [3.05, 3.63) is 29.8 Å². The fourth-order valence-electron chi connectivity index (χ4n) is 1.90. The maximum Gasteiger partial charge on any atom is 0.0323 e. The minimum atomic E-state index is 0.264. The molecule has 0 bridgehead atoms. The number of nitrogens with two attached hydrogens (primary N) is 1. The number of hydrogen-bond donors (Lipinski definition) is 1. The Morgan fingerprint density at radius 3 is 2.36 bits per heavy atom. The quantitative estimate of drug-likeness (QED) is 0.770. The smallest absolute Gasteiger partial charge is 0.0323 e. The van der Waals surface area contributed by atoms with Crippen LogP contribution in [0.1, 0.15) is 30.9 Å². The molecule has 2 heteroatoms. The second-order valence-electron chi connectivity index (χ2n) is 3.99. The van der Waals surface area contributed by atoms with Gasteiger partial charge < -0.3 is 5.73 Å². The zero-order chi connectivity index (χ0) is 9.97. The Bertz CT molecular complexity index is 290. The van der Waals surface area contributed by atoms with Gasteiger partial charge in [-0.3, -0.25) is 0 Å². The normalized spacial score (nSPS) is 19.0. The van der Waals surface area contributed by atoms with Crippen molar-refractivity contribution in [3.63, 3.8) is 0 Å². The first-order valence-corrected chi connectivity index (χ1v) is 6.43. The molecule has 1 fully saturated rings. The van der Waals surface area contributed by atoms with Gasteiger partial charge in [0.2, 0.25) is 0 Å². The van der Waals surface area contributed by atoms with Crippen LogP contribution in [0.4, 0.5) is 0 Å². The number of thioether (sulfide) groups is 1. The van der Waals surface area contributed by atoms with Crippen LogP contribution in [0.3, 0.4) is 0 Å². The molecule has 1 saturated carbocycles. The Morgan fingerprint density at radius 1 is 1.29 bits per heavy atom. The first-order valence-electron chi connectivity index (χ1n) is 5.21. The fraction of sp³-hybridized carbons (Fsp3) is 0.500. The summed E-state index contributed by atoms with van der Waals surface area (Å²) < 4.78 is 0. The van der Waals surface area contributed by atoms with Crippen LogP contribution in [-0.2, 0) is 0 Å². The molecule has 1 nitrogen and oxygen atoms in total. The van der Waals surface area contributed by atoms with Gasteiger partial charge >= 0.3 is 0 Å². The van der Waals surface area contributed by atoms with E-state index < -0.39 is 0 Å². The zero-order valence-corrected chi connectivity index (χ0v) is 9.39. The summed E-state index contributed by atoms with van der Waals surface area (Å²) in [6.45, 7) is 0. The van der Waals surface area contributed by atoms with E-state index in [1.807, 2.05) is 0 Å². The maximum absolute atomic E-state index is 6.19. The van der Waals surface area contributed by atoms with E-state index in [9.17, 15) is 0 Å². The molecule has 0 amide bonds. The lowest BCUT2D eigenvalue weighted by Crippen LogP contribution is -2.26. The van der Waals surface area contributed by atoms with Gasteiger partial charge in [0.25, 0.3) is 0 Å². The summed E-state index contributed by atoms with van der Waals surface area (Å²) in [7, 11) is 0. The summed E-state index contributed by atoms with van der Waals surface area (Å²) in [6.07, 6.45) is 6.08. The molecule has 1 aliphatic carbocycles. The van der Waals surface area contributed by atoms with Gasteiger partial charge in [-0.05, 0) is 42.7 Å². The minimum Gasteiger partial charge on any atom is -0.324 e. The van der Waals surface area contributed by atoms with E-state index in [2.05, 4.69) is 30.5 Å². The van der Waals surface area contributed by atoms with E-state index in [0.717, 1.165) is 5.92 Å². The predicted octanol–water partition coefficient (Wildman–Crippen LogP) is 3.21. The minimum absolute atomic E-state index is 0.264. The molecule has 1 aromatic rings. The monoisotopic (exact) mass is 207 g/mol. The molecule has 1 atom stereocenters. The molecule has 14 heavy (non-hydrogen) atoms. The van der Waals surface area contributed by atoms with E-state index in [1.54, 1.807) is 11.8 Å². The molecule has 0 unspecified atom stereocenters. The SMILES string of the molecule is CSc1ccc([C@@H](N)C2CCC2)cc1. The molecule has 0 heterocycles. The van der Waals surface area contributed by atoms with Crippen LogP contribution in [0.5, 0.6) is 0 Å². The molecule has 0 radical (unpaired) electrons. The Hall–Kier alpha value is -0.470. The van der Waals surface area contributed by atoms with Crippen LogP contribution in [0.15, 0.2) is 29.2 Å². The first kappa shape index (κ1) is 10.1. The Kier molecular flexibility index (Phi) is 3.14. The van der Waals surface area contributed by atoms with Crippen LogP contribution < -0.4 is 5.73 Å². The highest BCUT2D eigenvalue weighted by molar-refractivity contribution is 7.98. The van der Waals surface area contributed by atoms with Crippen LogP contribution in [0.25, 0.3) is 0 Å². The third kappa shape index (κ3) is 1.96. The molecule has 2 N–H and O–H groups in total. The van der Waals surface area contributed by atoms with Gasteiger partial charge in [-0.25, -0.2) is 0 Å². The largest absolute Gasteiger partial charge is 0.324 e. The van der Waals surface area contributed by atoms with Crippen LogP contribution in [0, 0.1) is 5.92 Å². The molecule has 0 saturated heterocycles. The Balaban J connectivity index is 2.07. The number of rotatable bonds is 3. The standard InChI is InChI=1S/C12H17NS/c1-14-11-7-5-10(6-8-11)12(13)9-3-2-4-9/h5-9,12H,2-4,13H2,1H3/t12-/m0/s1. The highest BCUT2D eigenvalue weighted by atomic mass is 32.2. The number of hydrogen-bond acceptors (Lipinski definition) is 2. The lowest BCUT2D eigenvalue weighted by Gasteiger charge is -2.31. The third-order valence-corrected chi connectivity index (χ3v) is 3.90. The van der Waals surface area contributed by atoms with Gasteiger partial charge in [0.1, 0.15) is 0 Å². The molecule has 0 spiro atoms. The highest BCUT2D eigenvalue weighted by Gasteiger charge is 2.25. The maximum atomic E-state index is 6.19. The van der Waals surface area contributed by atoms with E-state index in [-0.39, 0.29) is 6.04 Å². The highest BCUT2D eigenvalue weighted by Crippen LogP contribution is 2.36. The summed E-state index contributed by atoms with van der Waals surface area (Å²) >= 11 is 1.78. The van der Waals surface area contributed by atoms with Gasteiger partial charge in [0, 0.05) is 10.9 Å². The molecular formula is C12H17NS. The Labute approximate surface area is 90.1 Å². The average molecular weight is 207 g/mol.